The van der Waals surface area contributed by atoms with Crippen molar-refractivity contribution in [2.45, 2.75) is 19.8 Å². The molecule has 19 heavy (non-hydrogen) atoms. The summed E-state index contributed by atoms with van der Waals surface area (Å²) < 4.78 is 0. The fraction of sp³-hybridized carbons (Fsp3) is 0.308. The van der Waals surface area contributed by atoms with Crippen molar-refractivity contribution in [1.29, 1.82) is 0 Å². The van der Waals surface area contributed by atoms with Gasteiger partial charge in [0.2, 0.25) is 5.91 Å². The number of rotatable bonds is 5. The number of H-pyrrole nitrogens is 1. The lowest BCUT2D eigenvalue weighted by molar-refractivity contribution is -0.116. The number of amides is 1. The molecule has 0 unspecified atom stereocenters. The number of hydrogen-bond acceptors (Lipinski definition) is 4. The molecule has 6 nitrogen and oxygen atoms in total. The zero-order chi connectivity index (χ0) is 13.7. The summed E-state index contributed by atoms with van der Waals surface area (Å²) in [5.74, 6) is 1.23. The molecular formula is C13H16N4O2. The number of aliphatic hydroxyl groups is 1. The fourth-order valence-electron chi connectivity index (χ4n) is 1.67. The number of aromatic amines is 1. The fourth-order valence-corrected chi connectivity index (χ4v) is 1.67. The second kappa shape index (κ2) is 6.10. The summed E-state index contributed by atoms with van der Waals surface area (Å²) in [5, 5.41) is 18.3. The van der Waals surface area contributed by atoms with Crippen molar-refractivity contribution < 1.29 is 9.90 Å². The summed E-state index contributed by atoms with van der Waals surface area (Å²) in [4.78, 5) is 15.8. The van der Waals surface area contributed by atoms with Gasteiger partial charge in [-0.1, -0.05) is 12.1 Å². The van der Waals surface area contributed by atoms with Crippen LogP contribution in [0.15, 0.2) is 24.3 Å². The van der Waals surface area contributed by atoms with Gasteiger partial charge in [-0.3, -0.25) is 9.89 Å². The number of aliphatic hydroxyl groups excluding tert-OH is 1. The molecule has 1 amide bonds. The van der Waals surface area contributed by atoms with Gasteiger partial charge in [0, 0.05) is 24.3 Å². The van der Waals surface area contributed by atoms with E-state index < -0.39 is 0 Å². The molecule has 6 heteroatoms. The summed E-state index contributed by atoms with van der Waals surface area (Å²) >= 11 is 0. The molecular weight excluding hydrogens is 244 g/mol. The first-order valence-corrected chi connectivity index (χ1v) is 6.09. The molecule has 0 saturated carbocycles. The Balaban J connectivity index is 2.09. The van der Waals surface area contributed by atoms with E-state index in [1.54, 1.807) is 6.07 Å². The highest BCUT2D eigenvalue weighted by Gasteiger charge is 2.06. The van der Waals surface area contributed by atoms with Gasteiger partial charge in [0.1, 0.15) is 5.82 Å². The monoisotopic (exact) mass is 260 g/mol. The van der Waals surface area contributed by atoms with Gasteiger partial charge in [-0.25, -0.2) is 4.98 Å². The molecule has 100 valence electrons. The topological polar surface area (TPSA) is 90.9 Å². The summed E-state index contributed by atoms with van der Waals surface area (Å²) in [6, 6.07) is 7.34. The maximum atomic E-state index is 11.6. The van der Waals surface area contributed by atoms with E-state index in [4.69, 9.17) is 5.11 Å². The Kier molecular flexibility index (Phi) is 4.25. The molecule has 0 atom stereocenters. The number of carbonyl (C=O) groups is 1. The molecule has 0 aliphatic carbocycles. The standard InChI is InChI=1S/C13H16N4O2/c1-9-14-13(17-16-9)10-4-2-5-11(8-10)15-12(19)6-3-7-18/h2,4-5,8,18H,3,6-7H2,1H3,(H,15,19)(H,14,16,17). The Morgan fingerprint density at radius 3 is 3.00 bits per heavy atom. The molecule has 0 aliphatic heterocycles. The zero-order valence-corrected chi connectivity index (χ0v) is 10.7. The number of anilines is 1. The lowest BCUT2D eigenvalue weighted by Gasteiger charge is -2.05. The Labute approximate surface area is 110 Å². The Morgan fingerprint density at radius 1 is 1.47 bits per heavy atom. The Bertz CT molecular complexity index is 565. The average Bonchev–Trinajstić information content (AvgIpc) is 2.83. The molecule has 1 aromatic heterocycles. The predicted octanol–water partition coefficient (Wildman–Crippen LogP) is 1.49. The van der Waals surface area contributed by atoms with Gasteiger partial charge in [-0.05, 0) is 25.5 Å². The van der Waals surface area contributed by atoms with Gasteiger partial charge in [-0.15, -0.1) is 0 Å². The SMILES string of the molecule is Cc1nc(-c2cccc(NC(=O)CCCO)c2)n[nH]1. The largest absolute Gasteiger partial charge is 0.396 e. The number of nitrogens with zero attached hydrogens (tertiary/aromatic N) is 2. The van der Waals surface area contributed by atoms with Crippen LogP contribution in [0.2, 0.25) is 0 Å². The molecule has 0 radical (unpaired) electrons. The second-order valence-electron chi connectivity index (χ2n) is 4.20. The van der Waals surface area contributed by atoms with Crippen molar-refractivity contribution in [3.63, 3.8) is 0 Å². The van der Waals surface area contributed by atoms with E-state index >= 15 is 0 Å². The highest BCUT2D eigenvalue weighted by molar-refractivity contribution is 5.91. The Hall–Kier alpha value is -2.21. The maximum Gasteiger partial charge on any atom is 0.224 e. The summed E-state index contributed by atoms with van der Waals surface area (Å²) in [7, 11) is 0. The number of benzene rings is 1. The first kappa shape index (κ1) is 13.2. The van der Waals surface area contributed by atoms with E-state index in [-0.39, 0.29) is 12.5 Å². The van der Waals surface area contributed by atoms with Crippen molar-refractivity contribution in [3.05, 3.63) is 30.1 Å². The van der Waals surface area contributed by atoms with Crippen LogP contribution in [-0.2, 0) is 4.79 Å². The third kappa shape index (κ3) is 3.62. The van der Waals surface area contributed by atoms with Crippen LogP contribution in [0.4, 0.5) is 5.69 Å². The molecule has 0 saturated heterocycles. The minimum Gasteiger partial charge on any atom is -0.396 e. The molecule has 0 spiro atoms. The first-order chi connectivity index (χ1) is 9.19. The van der Waals surface area contributed by atoms with Gasteiger partial charge in [0.15, 0.2) is 5.82 Å². The smallest absolute Gasteiger partial charge is 0.224 e. The summed E-state index contributed by atoms with van der Waals surface area (Å²) in [5.41, 5.74) is 1.53. The summed E-state index contributed by atoms with van der Waals surface area (Å²) in [6.45, 7) is 1.85. The number of nitrogens with one attached hydrogen (secondary N) is 2. The van der Waals surface area contributed by atoms with Crippen LogP contribution in [0, 0.1) is 6.92 Å². The quantitative estimate of drug-likeness (QED) is 0.759. The van der Waals surface area contributed by atoms with Crippen LogP contribution < -0.4 is 5.32 Å². The van der Waals surface area contributed by atoms with Crippen molar-refractivity contribution in [3.8, 4) is 11.4 Å². The second-order valence-corrected chi connectivity index (χ2v) is 4.20. The first-order valence-electron chi connectivity index (χ1n) is 6.09. The van der Waals surface area contributed by atoms with Crippen molar-refractivity contribution in [2.75, 3.05) is 11.9 Å². The minimum absolute atomic E-state index is 0.0178. The van der Waals surface area contributed by atoms with Crippen LogP contribution in [0.3, 0.4) is 0 Å². The molecule has 0 aliphatic rings. The number of carbonyl (C=O) groups excluding carboxylic acids is 1. The van der Waals surface area contributed by atoms with Gasteiger partial charge in [0.25, 0.3) is 0 Å². The molecule has 0 bridgehead atoms. The lowest BCUT2D eigenvalue weighted by atomic mass is 10.2. The summed E-state index contributed by atoms with van der Waals surface area (Å²) in [6.07, 6.45) is 0.770. The van der Waals surface area contributed by atoms with Gasteiger partial charge < -0.3 is 10.4 Å². The van der Waals surface area contributed by atoms with Crippen molar-refractivity contribution >= 4 is 11.6 Å². The third-order valence-electron chi connectivity index (χ3n) is 2.56. The van der Waals surface area contributed by atoms with Crippen molar-refractivity contribution in [2.24, 2.45) is 0 Å². The highest BCUT2D eigenvalue weighted by atomic mass is 16.3. The van der Waals surface area contributed by atoms with Gasteiger partial charge >= 0.3 is 0 Å². The van der Waals surface area contributed by atoms with Crippen LogP contribution >= 0.6 is 0 Å². The van der Waals surface area contributed by atoms with Gasteiger partial charge in [0.05, 0.1) is 0 Å². The van der Waals surface area contributed by atoms with E-state index in [0.29, 0.717) is 24.4 Å². The van der Waals surface area contributed by atoms with E-state index in [0.717, 1.165) is 11.4 Å². The van der Waals surface area contributed by atoms with Gasteiger partial charge in [-0.2, -0.15) is 5.10 Å². The van der Waals surface area contributed by atoms with Crippen molar-refractivity contribution in [1.82, 2.24) is 15.2 Å². The Morgan fingerprint density at radius 2 is 2.32 bits per heavy atom. The third-order valence-corrected chi connectivity index (χ3v) is 2.56. The molecule has 0 fully saturated rings. The molecule has 2 rings (SSSR count). The molecule has 1 aromatic carbocycles. The van der Waals surface area contributed by atoms with Crippen LogP contribution in [0.25, 0.3) is 11.4 Å². The molecule has 3 N–H and O–H groups in total. The van der Waals surface area contributed by atoms with Crippen LogP contribution in [-0.4, -0.2) is 32.8 Å². The normalized spacial score (nSPS) is 10.4. The molecule has 2 aromatic rings. The average molecular weight is 260 g/mol. The van der Waals surface area contributed by atoms with Crippen LogP contribution in [0.5, 0.6) is 0 Å². The van der Waals surface area contributed by atoms with Crippen LogP contribution in [0.1, 0.15) is 18.7 Å². The number of aromatic nitrogens is 3. The van der Waals surface area contributed by atoms with E-state index in [2.05, 4.69) is 20.5 Å². The number of hydrogen-bond donors (Lipinski definition) is 3. The number of aryl methyl sites for hydroxylation is 1. The van der Waals surface area contributed by atoms with E-state index in [1.807, 2.05) is 25.1 Å². The maximum absolute atomic E-state index is 11.6. The molecule has 1 heterocycles. The van der Waals surface area contributed by atoms with E-state index in [9.17, 15) is 4.79 Å². The predicted molar refractivity (Wildman–Crippen MR) is 71.5 cm³/mol. The lowest BCUT2D eigenvalue weighted by Crippen LogP contribution is -2.11. The zero-order valence-electron chi connectivity index (χ0n) is 10.7. The van der Waals surface area contributed by atoms with E-state index in [1.165, 1.54) is 0 Å². The highest BCUT2D eigenvalue weighted by Crippen LogP contribution is 2.19. The minimum atomic E-state index is -0.114.